The highest BCUT2D eigenvalue weighted by molar-refractivity contribution is 7.68. The lowest BCUT2D eigenvalue weighted by Crippen LogP contribution is -2.07. The average molecular weight is 107 g/mol. The van der Waals surface area contributed by atoms with Gasteiger partial charge in [0.1, 0.15) is 13.2 Å². The second-order valence-corrected chi connectivity index (χ2v) is 1.76. The van der Waals surface area contributed by atoms with Crippen molar-refractivity contribution in [2.75, 3.05) is 13.2 Å². The van der Waals surface area contributed by atoms with Crippen molar-refractivity contribution in [1.29, 1.82) is 0 Å². The third-order valence-corrected chi connectivity index (χ3v) is 1.15. The summed E-state index contributed by atoms with van der Waals surface area (Å²) in [6.07, 6.45) is 1.05. The SMILES string of the molecule is C1CO[SH+]OC1. The third-order valence-electron chi connectivity index (χ3n) is 0.577. The van der Waals surface area contributed by atoms with Crippen LogP contribution in [0.2, 0.25) is 0 Å². The van der Waals surface area contributed by atoms with Crippen LogP contribution in [0, 0.1) is 0 Å². The molecule has 6 heavy (non-hydrogen) atoms. The standard InChI is InChI=1S/C3H6O2S/c1-2-4-6-5-3-1/h1-3H2/p+1. The average Bonchev–Trinajstić information content (AvgIpc) is 1.72. The van der Waals surface area contributed by atoms with Crippen LogP contribution in [0.25, 0.3) is 0 Å². The van der Waals surface area contributed by atoms with Crippen molar-refractivity contribution in [3.8, 4) is 0 Å². The molecule has 0 aliphatic carbocycles. The molecule has 1 aliphatic rings. The predicted octanol–water partition coefficient (Wildman–Crippen LogP) is 0.0682. The molecule has 0 radical (unpaired) electrons. The molecular formula is C3H7O2S+. The highest BCUT2D eigenvalue weighted by atomic mass is 32.2. The first-order valence-corrected chi connectivity index (χ1v) is 2.67. The molecule has 0 saturated carbocycles. The maximum absolute atomic E-state index is 4.82. The fourth-order valence-electron chi connectivity index (χ4n) is 0.300. The van der Waals surface area contributed by atoms with Gasteiger partial charge in [-0.2, -0.15) is 0 Å². The Balaban J connectivity index is 2.00. The Morgan fingerprint density at radius 1 is 1.17 bits per heavy atom. The van der Waals surface area contributed by atoms with Crippen molar-refractivity contribution < 1.29 is 8.37 Å². The number of hydrogen-bond donors (Lipinski definition) is 0. The Bertz CT molecular complexity index is 24.3. The Labute approximate surface area is 41.2 Å². The van der Waals surface area contributed by atoms with Gasteiger partial charge in [0, 0.05) is 6.42 Å². The minimum absolute atomic E-state index is 0.698. The second-order valence-electron chi connectivity index (χ2n) is 1.09. The van der Waals surface area contributed by atoms with Gasteiger partial charge >= 0.3 is 0 Å². The van der Waals surface area contributed by atoms with E-state index in [0.717, 1.165) is 19.6 Å². The van der Waals surface area contributed by atoms with Crippen molar-refractivity contribution in [2.24, 2.45) is 0 Å². The Hall–Kier alpha value is 0.270. The van der Waals surface area contributed by atoms with Gasteiger partial charge < -0.3 is 0 Å². The number of hydrogen-bond acceptors (Lipinski definition) is 2. The monoisotopic (exact) mass is 107 g/mol. The quantitative estimate of drug-likeness (QED) is 0.322. The molecule has 0 unspecified atom stereocenters. The topological polar surface area (TPSA) is 18.5 Å². The smallest absolute Gasteiger partial charge is 0.142 e. The lowest BCUT2D eigenvalue weighted by atomic mass is 10.5. The summed E-state index contributed by atoms with van der Waals surface area (Å²) in [5.41, 5.74) is 0. The number of thiol groups is 1. The van der Waals surface area contributed by atoms with E-state index in [1.807, 2.05) is 0 Å². The lowest BCUT2D eigenvalue weighted by molar-refractivity contribution is 0.209. The van der Waals surface area contributed by atoms with Gasteiger partial charge in [-0.1, -0.05) is 0 Å². The van der Waals surface area contributed by atoms with Gasteiger partial charge in [0.2, 0.25) is 0 Å². The maximum Gasteiger partial charge on any atom is 0.299 e. The second kappa shape index (κ2) is 2.44. The zero-order valence-corrected chi connectivity index (χ0v) is 4.28. The zero-order valence-electron chi connectivity index (χ0n) is 3.39. The molecule has 1 aliphatic heterocycles. The largest absolute Gasteiger partial charge is 0.299 e. The van der Waals surface area contributed by atoms with Gasteiger partial charge in [0.15, 0.2) is 0 Å². The van der Waals surface area contributed by atoms with E-state index in [1.165, 1.54) is 0 Å². The van der Waals surface area contributed by atoms with E-state index in [4.69, 9.17) is 8.37 Å². The van der Waals surface area contributed by atoms with E-state index in [1.54, 1.807) is 0 Å². The first kappa shape index (κ1) is 4.43. The molecule has 0 amide bonds. The van der Waals surface area contributed by atoms with Crippen molar-refractivity contribution >= 4 is 12.3 Å². The molecule has 2 nitrogen and oxygen atoms in total. The van der Waals surface area contributed by atoms with Crippen LogP contribution in [-0.2, 0) is 20.7 Å². The Kier molecular flexibility index (Phi) is 1.80. The van der Waals surface area contributed by atoms with Gasteiger partial charge in [-0.3, -0.25) is 0 Å². The fraction of sp³-hybridized carbons (Fsp3) is 1.00. The normalized spacial score (nSPS) is 24.0. The van der Waals surface area contributed by atoms with Crippen molar-refractivity contribution in [3.05, 3.63) is 0 Å². The minimum atomic E-state index is 0.698. The van der Waals surface area contributed by atoms with Gasteiger partial charge in [-0.05, 0) is 0 Å². The van der Waals surface area contributed by atoms with Crippen LogP contribution in [0.5, 0.6) is 0 Å². The molecule has 1 saturated heterocycles. The minimum Gasteiger partial charge on any atom is -0.142 e. The van der Waals surface area contributed by atoms with Crippen molar-refractivity contribution in [3.63, 3.8) is 0 Å². The van der Waals surface area contributed by atoms with E-state index in [-0.39, 0.29) is 0 Å². The van der Waals surface area contributed by atoms with Crippen LogP contribution in [-0.4, -0.2) is 13.2 Å². The number of rotatable bonds is 0. The van der Waals surface area contributed by atoms with E-state index < -0.39 is 0 Å². The summed E-state index contributed by atoms with van der Waals surface area (Å²) < 4.78 is 9.64. The summed E-state index contributed by atoms with van der Waals surface area (Å²) >= 11 is 0.698. The summed E-state index contributed by atoms with van der Waals surface area (Å²) in [5.74, 6) is 0. The van der Waals surface area contributed by atoms with Crippen LogP contribution in [0.4, 0.5) is 0 Å². The van der Waals surface area contributed by atoms with Crippen LogP contribution in [0.1, 0.15) is 6.42 Å². The van der Waals surface area contributed by atoms with Crippen molar-refractivity contribution in [1.82, 2.24) is 0 Å². The molecule has 0 atom stereocenters. The zero-order chi connectivity index (χ0) is 4.24. The predicted molar refractivity (Wildman–Crippen MR) is 25.3 cm³/mol. The lowest BCUT2D eigenvalue weighted by Gasteiger charge is -1.97. The molecule has 36 valence electrons. The van der Waals surface area contributed by atoms with E-state index in [2.05, 4.69) is 0 Å². The van der Waals surface area contributed by atoms with E-state index in [9.17, 15) is 0 Å². The fourth-order valence-corrected chi connectivity index (χ4v) is 0.782. The van der Waals surface area contributed by atoms with Gasteiger partial charge in [0.25, 0.3) is 12.3 Å². The third kappa shape index (κ3) is 1.16. The molecule has 0 aromatic carbocycles. The summed E-state index contributed by atoms with van der Waals surface area (Å²) in [6, 6.07) is 0. The van der Waals surface area contributed by atoms with Crippen molar-refractivity contribution in [2.45, 2.75) is 6.42 Å². The summed E-state index contributed by atoms with van der Waals surface area (Å²) in [6.45, 7) is 1.73. The van der Waals surface area contributed by atoms with Gasteiger partial charge in [-0.15, -0.1) is 8.37 Å². The molecule has 0 bridgehead atoms. The Morgan fingerprint density at radius 3 is 2.00 bits per heavy atom. The summed E-state index contributed by atoms with van der Waals surface area (Å²) in [4.78, 5) is 0. The van der Waals surface area contributed by atoms with E-state index in [0.29, 0.717) is 12.3 Å². The first-order chi connectivity index (χ1) is 3.00. The molecule has 0 aromatic heterocycles. The molecule has 3 heteroatoms. The van der Waals surface area contributed by atoms with Crippen LogP contribution in [0.3, 0.4) is 0 Å². The molecule has 1 heterocycles. The molecule has 0 spiro atoms. The molecular weight excluding hydrogens is 100 g/mol. The highest BCUT2D eigenvalue weighted by Gasteiger charge is 2.05. The van der Waals surface area contributed by atoms with Gasteiger partial charge in [-0.25, -0.2) is 0 Å². The molecule has 0 aromatic rings. The summed E-state index contributed by atoms with van der Waals surface area (Å²) in [5, 5.41) is 0. The van der Waals surface area contributed by atoms with Crippen LogP contribution >= 0.6 is 0 Å². The highest BCUT2D eigenvalue weighted by Crippen LogP contribution is 1.94. The van der Waals surface area contributed by atoms with Gasteiger partial charge in [0.05, 0.1) is 0 Å². The Morgan fingerprint density at radius 2 is 1.83 bits per heavy atom. The van der Waals surface area contributed by atoms with Crippen LogP contribution < -0.4 is 0 Å². The first-order valence-electron chi connectivity index (χ1n) is 1.94. The molecule has 1 rings (SSSR count). The molecule has 1 fully saturated rings. The molecule has 0 N–H and O–H groups in total. The van der Waals surface area contributed by atoms with Crippen LogP contribution in [0.15, 0.2) is 0 Å². The summed E-state index contributed by atoms with van der Waals surface area (Å²) in [7, 11) is 0. The maximum atomic E-state index is 4.82. The van der Waals surface area contributed by atoms with E-state index >= 15 is 0 Å².